The molecule has 0 aliphatic carbocycles. The van der Waals surface area contributed by atoms with Crippen LogP contribution in [-0.2, 0) is 6.54 Å². The molecule has 0 aromatic heterocycles. The van der Waals surface area contributed by atoms with Crippen molar-refractivity contribution in [3.63, 3.8) is 0 Å². The summed E-state index contributed by atoms with van der Waals surface area (Å²) in [4.78, 5) is 16.4. The lowest BCUT2D eigenvalue weighted by Gasteiger charge is -2.18. The Labute approximate surface area is 118 Å². The van der Waals surface area contributed by atoms with Gasteiger partial charge in [-0.15, -0.1) is 0 Å². The lowest BCUT2D eigenvalue weighted by molar-refractivity contribution is 0.0816. The van der Waals surface area contributed by atoms with Crippen LogP contribution in [-0.4, -0.2) is 17.9 Å². The lowest BCUT2D eigenvalue weighted by Crippen LogP contribution is -2.24. The molecule has 0 fully saturated rings. The van der Waals surface area contributed by atoms with Crippen molar-refractivity contribution < 1.29 is 4.79 Å². The first-order chi connectivity index (χ1) is 9.75. The largest absolute Gasteiger partial charge is 0.349 e. The van der Waals surface area contributed by atoms with Crippen LogP contribution in [0.5, 0.6) is 0 Å². The fourth-order valence-corrected chi connectivity index (χ4v) is 2.35. The molecule has 0 spiro atoms. The van der Waals surface area contributed by atoms with Gasteiger partial charge < -0.3 is 9.80 Å². The minimum Gasteiger partial charge on any atom is -0.349 e. The van der Waals surface area contributed by atoms with Crippen LogP contribution in [0.1, 0.15) is 15.9 Å². The highest BCUT2D eigenvalue weighted by molar-refractivity contribution is 6.01. The Morgan fingerprint density at radius 2 is 1.60 bits per heavy atom. The van der Waals surface area contributed by atoms with Gasteiger partial charge in [-0.05, 0) is 17.7 Å². The summed E-state index contributed by atoms with van der Waals surface area (Å²) < 4.78 is 0. The molecule has 3 rings (SSSR count). The molecule has 3 heteroatoms. The Morgan fingerprint density at radius 1 is 0.900 bits per heavy atom. The molecule has 100 valence electrons. The molecular weight excluding hydrogens is 248 g/mol. The van der Waals surface area contributed by atoms with Gasteiger partial charge in [0.05, 0.1) is 17.8 Å². The Kier molecular flexibility index (Phi) is 3.25. The predicted octanol–water partition coefficient (Wildman–Crippen LogP) is 3.25. The van der Waals surface area contributed by atoms with Crippen molar-refractivity contribution in [1.29, 1.82) is 0 Å². The molecule has 0 radical (unpaired) electrons. The van der Waals surface area contributed by atoms with Crippen LogP contribution >= 0.6 is 0 Å². The summed E-state index contributed by atoms with van der Waals surface area (Å²) in [6, 6.07) is 17.7. The Hall–Kier alpha value is -2.55. The summed E-state index contributed by atoms with van der Waals surface area (Å²) in [6.45, 7) is 0.582. The summed E-state index contributed by atoms with van der Waals surface area (Å²) in [5.41, 5.74) is 2.78. The van der Waals surface area contributed by atoms with Crippen LogP contribution in [0.4, 0.5) is 5.69 Å². The zero-order valence-electron chi connectivity index (χ0n) is 11.4. The van der Waals surface area contributed by atoms with Crippen molar-refractivity contribution in [1.82, 2.24) is 4.90 Å². The van der Waals surface area contributed by atoms with E-state index in [2.05, 4.69) is 0 Å². The number of fused-ring (bicyclic) bond motifs is 1. The molecular formula is C17H16N2O. The highest BCUT2D eigenvalue weighted by Gasteiger charge is 2.21. The van der Waals surface area contributed by atoms with E-state index in [0.717, 1.165) is 16.8 Å². The summed E-state index contributed by atoms with van der Waals surface area (Å²) >= 11 is 0. The van der Waals surface area contributed by atoms with E-state index in [0.29, 0.717) is 6.54 Å². The second-order valence-corrected chi connectivity index (χ2v) is 4.84. The van der Waals surface area contributed by atoms with Gasteiger partial charge >= 0.3 is 0 Å². The first kappa shape index (κ1) is 12.5. The third-order valence-corrected chi connectivity index (χ3v) is 3.44. The normalized spacial score (nSPS) is 14.2. The molecule has 0 unspecified atom stereocenters. The van der Waals surface area contributed by atoms with Crippen LogP contribution in [0.25, 0.3) is 0 Å². The number of carbonyl (C=O) groups excluding carboxylic acids is 1. The minimum atomic E-state index is 0.0325. The molecule has 3 nitrogen and oxygen atoms in total. The van der Waals surface area contributed by atoms with Gasteiger partial charge in [0.1, 0.15) is 0 Å². The van der Waals surface area contributed by atoms with Crippen LogP contribution in [0.3, 0.4) is 0 Å². The molecule has 0 saturated heterocycles. The molecule has 20 heavy (non-hydrogen) atoms. The Morgan fingerprint density at radius 3 is 2.40 bits per heavy atom. The molecule has 0 saturated carbocycles. The van der Waals surface area contributed by atoms with Crippen molar-refractivity contribution in [2.24, 2.45) is 0 Å². The average Bonchev–Trinajstić information content (AvgIpc) is 2.61. The van der Waals surface area contributed by atoms with Gasteiger partial charge in [-0.25, -0.2) is 0 Å². The van der Waals surface area contributed by atoms with Crippen molar-refractivity contribution in [3.05, 3.63) is 78.1 Å². The average molecular weight is 264 g/mol. The fraction of sp³-hybridized carbons (Fsp3) is 0.118. The topological polar surface area (TPSA) is 23.6 Å². The molecule has 0 N–H and O–H groups in total. The van der Waals surface area contributed by atoms with Crippen LogP contribution in [0, 0.1) is 0 Å². The van der Waals surface area contributed by atoms with Crippen LogP contribution < -0.4 is 4.90 Å². The number of anilines is 1. The van der Waals surface area contributed by atoms with Crippen molar-refractivity contribution in [2.75, 3.05) is 11.9 Å². The van der Waals surface area contributed by atoms with Crippen molar-refractivity contribution in [2.45, 2.75) is 6.54 Å². The minimum absolute atomic E-state index is 0.0325. The molecule has 0 atom stereocenters. The Balaban J connectivity index is 1.94. The molecule has 1 amide bonds. The number of para-hydroxylation sites is 1. The second kappa shape index (κ2) is 5.21. The lowest BCUT2D eigenvalue weighted by atomic mass is 10.1. The van der Waals surface area contributed by atoms with Crippen molar-refractivity contribution in [3.8, 4) is 0 Å². The van der Waals surface area contributed by atoms with E-state index < -0.39 is 0 Å². The molecule has 2 aromatic rings. The van der Waals surface area contributed by atoms with Crippen LogP contribution in [0.15, 0.2) is 67.0 Å². The number of hydrogen-bond acceptors (Lipinski definition) is 2. The second-order valence-electron chi connectivity index (χ2n) is 4.84. The van der Waals surface area contributed by atoms with Gasteiger partial charge in [0.15, 0.2) is 0 Å². The maximum atomic E-state index is 12.6. The Bertz CT molecular complexity index is 649. The number of nitrogens with zero attached hydrogens (tertiary/aromatic N) is 2. The third-order valence-electron chi connectivity index (χ3n) is 3.44. The summed E-state index contributed by atoms with van der Waals surface area (Å²) in [5, 5.41) is 0. The standard InChI is InChI=1S/C17H16N2O/c1-18-11-12-19(13-14-7-3-2-4-8-14)17(20)15-9-5-6-10-16(15)18/h2-12H,13H2,1H3. The zero-order valence-corrected chi connectivity index (χ0v) is 11.4. The number of amides is 1. The predicted molar refractivity (Wildman–Crippen MR) is 80.3 cm³/mol. The van der Waals surface area contributed by atoms with E-state index >= 15 is 0 Å². The van der Waals surface area contributed by atoms with E-state index in [1.54, 1.807) is 4.90 Å². The first-order valence-electron chi connectivity index (χ1n) is 6.61. The summed E-state index contributed by atoms with van der Waals surface area (Å²) in [6.07, 6.45) is 3.77. The summed E-state index contributed by atoms with van der Waals surface area (Å²) in [5.74, 6) is 0.0325. The van der Waals surface area contributed by atoms with Crippen molar-refractivity contribution >= 4 is 11.6 Å². The molecule has 1 heterocycles. The highest BCUT2D eigenvalue weighted by Crippen LogP contribution is 2.25. The molecule has 1 aliphatic rings. The van der Waals surface area contributed by atoms with Crippen LogP contribution in [0.2, 0.25) is 0 Å². The van der Waals surface area contributed by atoms with E-state index in [4.69, 9.17) is 0 Å². The van der Waals surface area contributed by atoms with Gasteiger partial charge in [-0.3, -0.25) is 4.79 Å². The third kappa shape index (κ3) is 2.30. The molecule has 2 aromatic carbocycles. The SMILES string of the molecule is CN1C=CN(Cc2ccccc2)C(=O)c2ccccc21. The number of hydrogen-bond donors (Lipinski definition) is 0. The quantitative estimate of drug-likeness (QED) is 0.831. The molecule has 1 aliphatic heterocycles. The number of rotatable bonds is 2. The van der Waals surface area contributed by atoms with E-state index in [9.17, 15) is 4.79 Å². The monoisotopic (exact) mass is 264 g/mol. The van der Waals surface area contributed by atoms with Gasteiger partial charge in [-0.2, -0.15) is 0 Å². The maximum Gasteiger partial charge on any atom is 0.260 e. The van der Waals surface area contributed by atoms with E-state index in [-0.39, 0.29) is 5.91 Å². The number of benzene rings is 2. The summed E-state index contributed by atoms with van der Waals surface area (Å²) in [7, 11) is 1.95. The fourth-order valence-electron chi connectivity index (χ4n) is 2.35. The highest BCUT2D eigenvalue weighted by atomic mass is 16.2. The van der Waals surface area contributed by atoms with Gasteiger partial charge in [0, 0.05) is 19.4 Å². The van der Waals surface area contributed by atoms with E-state index in [1.165, 1.54) is 0 Å². The zero-order chi connectivity index (χ0) is 13.9. The van der Waals surface area contributed by atoms with Gasteiger partial charge in [0.2, 0.25) is 0 Å². The smallest absolute Gasteiger partial charge is 0.260 e. The van der Waals surface area contributed by atoms with Gasteiger partial charge in [0.25, 0.3) is 5.91 Å². The first-order valence-corrected chi connectivity index (χ1v) is 6.61. The van der Waals surface area contributed by atoms with E-state index in [1.807, 2.05) is 78.9 Å². The number of carbonyl (C=O) groups is 1. The molecule has 0 bridgehead atoms. The van der Waals surface area contributed by atoms with Gasteiger partial charge in [-0.1, -0.05) is 42.5 Å². The maximum absolute atomic E-state index is 12.6.